The number of nitrogens with zero attached hydrogens (tertiary/aromatic N) is 5. The van der Waals surface area contributed by atoms with Gasteiger partial charge in [0.15, 0.2) is 5.65 Å². The highest BCUT2D eigenvalue weighted by molar-refractivity contribution is 7.98. The van der Waals surface area contributed by atoms with Crippen LogP contribution >= 0.6 is 46.6 Å². The lowest BCUT2D eigenvalue weighted by Crippen LogP contribution is -2.25. The number of halogens is 3. The molecular formula is C19H18Cl3N5S. The van der Waals surface area contributed by atoms with Crippen LogP contribution in [0.4, 0.5) is 5.82 Å². The molecule has 1 aromatic carbocycles. The summed E-state index contributed by atoms with van der Waals surface area (Å²) in [6.45, 7) is 10.7. The minimum Gasteiger partial charge on any atom is -0.348 e. The molecule has 9 heteroatoms. The van der Waals surface area contributed by atoms with Crippen LogP contribution in [0.25, 0.3) is 16.7 Å². The first-order chi connectivity index (χ1) is 13.4. The quantitative estimate of drug-likeness (QED) is 0.324. The molecular weight excluding hydrogens is 437 g/mol. The highest BCUT2D eigenvalue weighted by atomic mass is 35.5. The van der Waals surface area contributed by atoms with Crippen molar-refractivity contribution in [2.75, 3.05) is 24.2 Å². The molecule has 146 valence electrons. The number of fused-ring (bicyclic) bond motifs is 1. The van der Waals surface area contributed by atoms with E-state index >= 15 is 0 Å². The van der Waals surface area contributed by atoms with Gasteiger partial charge >= 0.3 is 0 Å². The number of hydrogen-bond acceptors (Lipinski definition) is 5. The predicted octanol–water partition coefficient (Wildman–Crippen LogP) is 5.98. The normalized spacial score (nSPS) is 11.0. The Hall–Kier alpha value is -1.73. The van der Waals surface area contributed by atoms with Gasteiger partial charge in [0, 0.05) is 18.1 Å². The molecule has 0 unspecified atom stereocenters. The van der Waals surface area contributed by atoms with Gasteiger partial charge in [0.1, 0.15) is 22.4 Å². The van der Waals surface area contributed by atoms with E-state index in [1.165, 1.54) is 11.8 Å². The molecule has 0 bridgehead atoms. The average Bonchev–Trinajstić information content (AvgIpc) is 2.98. The van der Waals surface area contributed by atoms with Crippen molar-refractivity contribution < 1.29 is 0 Å². The van der Waals surface area contributed by atoms with Gasteiger partial charge in [-0.3, -0.25) is 0 Å². The van der Waals surface area contributed by atoms with Crippen LogP contribution in [0.3, 0.4) is 0 Å². The second kappa shape index (κ2) is 8.74. The summed E-state index contributed by atoms with van der Waals surface area (Å²) in [4.78, 5) is 11.4. The van der Waals surface area contributed by atoms with E-state index in [4.69, 9.17) is 39.9 Å². The van der Waals surface area contributed by atoms with Crippen LogP contribution in [0.5, 0.6) is 0 Å². The van der Waals surface area contributed by atoms with Crippen molar-refractivity contribution in [1.29, 1.82) is 0 Å². The third-order valence-electron chi connectivity index (χ3n) is 3.97. The SMILES string of the molecule is C=CCN(CC=C)c1nc(C)nc2c1c(SC)nn2-c1c(Cl)cc(Cl)cc1Cl. The van der Waals surface area contributed by atoms with E-state index in [2.05, 4.69) is 28.0 Å². The van der Waals surface area contributed by atoms with Crippen molar-refractivity contribution in [3.05, 3.63) is 58.3 Å². The van der Waals surface area contributed by atoms with E-state index in [0.29, 0.717) is 45.3 Å². The Kier molecular flexibility index (Phi) is 6.55. The lowest BCUT2D eigenvalue weighted by molar-refractivity contribution is 0.849. The van der Waals surface area contributed by atoms with Crippen molar-refractivity contribution in [2.24, 2.45) is 0 Å². The van der Waals surface area contributed by atoms with Crippen LogP contribution in [0.2, 0.25) is 15.1 Å². The molecule has 0 aliphatic carbocycles. The van der Waals surface area contributed by atoms with Gasteiger partial charge in [-0.25, -0.2) is 14.6 Å². The molecule has 0 saturated heterocycles. The van der Waals surface area contributed by atoms with Crippen molar-refractivity contribution in [3.8, 4) is 5.69 Å². The Morgan fingerprint density at radius 2 is 1.71 bits per heavy atom. The molecule has 28 heavy (non-hydrogen) atoms. The summed E-state index contributed by atoms with van der Waals surface area (Å²) < 4.78 is 1.65. The van der Waals surface area contributed by atoms with Crippen LogP contribution in [0.1, 0.15) is 5.82 Å². The first kappa shape index (κ1) is 21.0. The average molecular weight is 455 g/mol. The molecule has 0 amide bonds. The third kappa shape index (κ3) is 3.87. The summed E-state index contributed by atoms with van der Waals surface area (Å²) in [5.74, 6) is 1.37. The molecule has 0 atom stereocenters. The second-order valence-corrected chi connectivity index (χ2v) is 7.96. The zero-order valence-electron chi connectivity index (χ0n) is 15.4. The molecule has 0 fully saturated rings. The second-order valence-electron chi connectivity index (χ2n) is 5.91. The Morgan fingerprint density at radius 3 is 2.25 bits per heavy atom. The molecule has 3 aromatic rings. The van der Waals surface area contributed by atoms with Crippen molar-refractivity contribution in [2.45, 2.75) is 11.9 Å². The molecule has 3 rings (SSSR count). The number of benzene rings is 1. The van der Waals surface area contributed by atoms with Gasteiger partial charge in [-0.15, -0.1) is 24.9 Å². The lowest BCUT2D eigenvalue weighted by atomic mass is 10.3. The van der Waals surface area contributed by atoms with E-state index in [1.807, 2.05) is 25.3 Å². The highest BCUT2D eigenvalue weighted by Crippen LogP contribution is 2.38. The molecule has 2 heterocycles. The summed E-state index contributed by atoms with van der Waals surface area (Å²) in [7, 11) is 0. The molecule has 0 spiro atoms. The minimum absolute atomic E-state index is 0.390. The summed E-state index contributed by atoms with van der Waals surface area (Å²) in [6, 6.07) is 3.26. The maximum atomic E-state index is 6.45. The van der Waals surface area contributed by atoms with Crippen LogP contribution in [0, 0.1) is 6.92 Å². The predicted molar refractivity (Wildman–Crippen MR) is 121 cm³/mol. The van der Waals surface area contributed by atoms with Crippen LogP contribution < -0.4 is 4.90 Å². The Labute approximate surface area is 183 Å². The number of thioether (sulfide) groups is 1. The molecule has 0 aliphatic heterocycles. The van der Waals surface area contributed by atoms with Crippen molar-refractivity contribution in [3.63, 3.8) is 0 Å². The van der Waals surface area contributed by atoms with Crippen LogP contribution in [-0.4, -0.2) is 39.1 Å². The van der Waals surface area contributed by atoms with Crippen LogP contribution in [0.15, 0.2) is 42.5 Å². The summed E-state index contributed by atoms with van der Waals surface area (Å²) >= 11 is 20.5. The fraction of sp³-hybridized carbons (Fsp3) is 0.211. The Balaban J connectivity index is 2.37. The topological polar surface area (TPSA) is 46.8 Å². The largest absolute Gasteiger partial charge is 0.348 e. The molecule has 0 N–H and O–H groups in total. The monoisotopic (exact) mass is 453 g/mol. The number of rotatable bonds is 7. The van der Waals surface area contributed by atoms with Crippen molar-refractivity contribution >= 4 is 63.4 Å². The van der Waals surface area contributed by atoms with Gasteiger partial charge in [-0.1, -0.05) is 47.0 Å². The molecule has 0 saturated carbocycles. The number of aromatic nitrogens is 4. The minimum atomic E-state index is 0.390. The van der Waals surface area contributed by atoms with Gasteiger partial charge in [0.05, 0.1) is 15.4 Å². The highest BCUT2D eigenvalue weighted by Gasteiger charge is 2.23. The lowest BCUT2D eigenvalue weighted by Gasteiger charge is -2.21. The number of hydrogen-bond donors (Lipinski definition) is 0. The van der Waals surface area contributed by atoms with Gasteiger partial charge in [-0.05, 0) is 25.3 Å². The molecule has 2 aromatic heterocycles. The molecule has 0 radical (unpaired) electrons. The third-order valence-corrected chi connectivity index (χ3v) is 5.44. The number of anilines is 1. The van der Waals surface area contributed by atoms with E-state index in [9.17, 15) is 0 Å². The van der Waals surface area contributed by atoms with Gasteiger partial charge in [-0.2, -0.15) is 5.10 Å². The standard InChI is InChI=1S/C19H18Cl3N5S/c1-5-7-26(8-6-2)17-15-18(24-11(3)23-17)27(25-19(15)28-4)16-13(21)9-12(20)10-14(16)22/h5-6,9-10H,1-2,7-8H2,3-4H3. The summed E-state index contributed by atoms with van der Waals surface area (Å²) in [5.41, 5.74) is 1.15. The Bertz CT molecular complexity index is 1030. The smallest absolute Gasteiger partial charge is 0.170 e. The summed E-state index contributed by atoms with van der Waals surface area (Å²) in [6.07, 6.45) is 5.60. The number of aryl methyl sites for hydroxylation is 1. The van der Waals surface area contributed by atoms with Crippen LogP contribution in [-0.2, 0) is 0 Å². The fourth-order valence-electron chi connectivity index (χ4n) is 2.90. The maximum Gasteiger partial charge on any atom is 0.170 e. The Morgan fingerprint density at radius 1 is 1.11 bits per heavy atom. The van der Waals surface area contributed by atoms with Gasteiger partial charge < -0.3 is 4.90 Å². The molecule has 5 nitrogen and oxygen atoms in total. The van der Waals surface area contributed by atoms with E-state index in [1.54, 1.807) is 16.8 Å². The first-order valence-electron chi connectivity index (χ1n) is 8.34. The first-order valence-corrected chi connectivity index (χ1v) is 10.7. The van der Waals surface area contributed by atoms with E-state index in [-0.39, 0.29) is 0 Å². The zero-order valence-corrected chi connectivity index (χ0v) is 18.5. The fourth-order valence-corrected chi connectivity index (χ4v) is 4.43. The molecule has 0 aliphatic rings. The van der Waals surface area contributed by atoms with E-state index in [0.717, 1.165) is 16.2 Å². The zero-order chi connectivity index (χ0) is 20.4. The van der Waals surface area contributed by atoms with Crippen molar-refractivity contribution in [1.82, 2.24) is 19.7 Å². The van der Waals surface area contributed by atoms with E-state index < -0.39 is 0 Å². The van der Waals surface area contributed by atoms with Gasteiger partial charge in [0.2, 0.25) is 0 Å². The summed E-state index contributed by atoms with van der Waals surface area (Å²) in [5, 5.41) is 7.55. The van der Waals surface area contributed by atoms with Gasteiger partial charge in [0.25, 0.3) is 0 Å². The maximum absolute atomic E-state index is 6.45.